The Hall–Kier alpha value is -1.14. The fraction of sp³-hybridized carbons (Fsp3) is 0.429. The van der Waals surface area contributed by atoms with Crippen LogP contribution in [0.1, 0.15) is 32.4 Å². The fourth-order valence-electron chi connectivity index (χ4n) is 1.99. The molecule has 0 saturated carbocycles. The van der Waals surface area contributed by atoms with Gasteiger partial charge in [-0.3, -0.25) is 4.79 Å². The van der Waals surface area contributed by atoms with Gasteiger partial charge in [-0.25, -0.2) is 4.68 Å². The lowest BCUT2D eigenvalue weighted by molar-refractivity contribution is 0.500. The number of halogens is 1. The van der Waals surface area contributed by atoms with E-state index in [-0.39, 0.29) is 17.6 Å². The number of anilines is 1. The van der Waals surface area contributed by atoms with E-state index in [1.807, 2.05) is 13.8 Å². The average molecular weight is 356 g/mol. The first-order valence-electron chi connectivity index (χ1n) is 6.54. The summed E-state index contributed by atoms with van der Waals surface area (Å²) in [4.78, 5) is 12.1. The third-order valence-corrected chi connectivity index (χ3v) is 4.45. The molecule has 1 unspecified atom stereocenters. The first kappa shape index (κ1) is 15.3. The SMILES string of the molecule is CC(Cc1ccsc1)Nc1cnn(C(C)C)c(=O)c1Br. The molecular weight excluding hydrogens is 338 g/mol. The van der Waals surface area contributed by atoms with Gasteiger partial charge in [-0.1, -0.05) is 0 Å². The number of thiophene rings is 1. The van der Waals surface area contributed by atoms with Crippen LogP contribution < -0.4 is 10.9 Å². The van der Waals surface area contributed by atoms with Gasteiger partial charge >= 0.3 is 0 Å². The molecule has 2 rings (SSSR count). The lowest BCUT2D eigenvalue weighted by atomic mass is 10.1. The van der Waals surface area contributed by atoms with E-state index in [2.05, 4.69) is 50.1 Å². The zero-order valence-corrected chi connectivity index (χ0v) is 14.2. The van der Waals surface area contributed by atoms with E-state index in [0.717, 1.165) is 12.1 Å². The highest BCUT2D eigenvalue weighted by Gasteiger charge is 2.13. The van der Waals surface area contributed by atoms with Crippen LogP contribution in [0.4, 0.5) is 5.69 Å². The van der Waals surface area contributed by atoms with E-state index in [1.54, 1.807) is 17.5 Å². The highest BCUT2D eigenvalue weighted by molar-refractivity contribution is 9.10. The lowest BCUT2D eigenvalue weighted by Crippen LogP contribution is -2.27. The Labute approximate surface area is 131 Å². The van der Waals surface area contributed by atoms with Crippen molar-refractivity contribution in [2.75, 3.05) is 5.32 Å². The summed E-state index contributed by atoms with van der Waals surface area (Å²) in [6.07, 6.45) is 2.62. The van der Waals surface area contributed by atoms with Crippen molar-refractivity contribution < 1.29 is 0 Å². The van der Waals surface area contributed by atoms with Gasteiger partial charge in [-0.05, 0) is 65.5 Å². The van der Waals surface area contributed by atoms with Crippen LogP contribution in [0.5, 0.6) is 0 Å². The van der Waals surface area contributed by atoms with E-state index >= 15 is 0 Å². The van der Waals surface area contributed by atoms with Gasteiger partial charge in [0.05, 0.1) is 17.9 Å². The standard InChI is InChI=1S/C14H18BrN3OS/c1-9(2)18-14(19)13(15)12(7-16-18)17-10(3)6-11-4-5-20-8-11/h4-5,7-10,17H,6H2,1-3H3. The number of hydrogen-bond acceptors (Lipinski definition) is 4. The maximum atomic E-state index is 12.1. The number of hydrogen-bond donors (Lipinski definition) is 1. The van der Waals surface area contributed by atoms with Gasteiger partial charge in [0.1, 0.15) is 4.47 Å². The predicted molar refractivity (Wildman–Crippen MR) is 87.7 cm³/mol. The monoisotopic (exact) mass is 355 g/mol. The molecule has 0 aliphatic rings. The van der Waals surface area contributed by atoms with Crippen molar-refractivity contribution in [3.63, 3.8) is 0 Å². The van der Waals surface area contributed by atoms with Crippen molar-refractivity contribution in [3.8, 4) is 0 Å². The minimum absolute atomic E-state index is 0.0519. The molecule has 0 spiro atoms. The van der Waals surface area contributed by atoms with Gasteiger partial charge in [0.2, 0.25) is 0 Å². The van der Waals surface area contributed by atoms with E-state index in [9.17, 15) is 4.79 Å². The number of nitrogens with zero attached hydrogens (tertiary/aromatic N) is 2. The van der Waals surface area contributed by atoms with Gasteiger partial charge in [-0.15, -0.1) is 0 Å². The third-order valence-electron chi connectivity index (χ3n) is 2.96. The molecule has 0 saturated heterocycles. The predicted octanol–water partition coefficient (Wildman–Crippen LogP) is 3.69. The number of nitrogens with one attached hydrogen (secondary N) is 1. The highest BCUT2D eigenvalue weighted by atomic mass is 79.9. The van der Waals surface area contributed by atoms with Crippen molar-refractivity contribution in [2.24, 2.45) is 0 Å². The topological polar surface area (TPSA) is 46.9 Å². The lowest BCUT2D eigenvalue weighted by Gasteiger charge is -2.17. The Balaban J connectivity index is 2.14. The van der Waals surface area contributed by atoms with Gasteiger partial charge in [-0.2, -0.15) is 16.4 Å². The molecule has 1 atom stereocenters. The zero-order valence-electron chi connectivity index (χ0n) is 11.8. The van der Waals surface area contributed by atoms with Crippen LogP contribution in [0, 0.1) is 0 Å². The Morgan fingerprint density at radius 2 is 2.20 bits per heavy atom. The van der Waals surface area contributed by atoms with Gasteiger partial charge in [0.25, 0.3) is 5.56 Å². The second-order valence-corrected chi connectivity index (χ2v) is 6.67. The molecule has 0 bridgehead atoms. The summed E-state index contributed by atoms with van der Waals surface area (Å²) in [6.45, 7) is 5.97. The summed E-state index contributed by atoms with van der Waals surface area (Å²) in [7, 11) is 0. The largest absolute Gasteiger partial charge is 0.380 e. The Kier molecular flexibility index (Phi) is 4.99. The molecular formula is C14H18BrN3OS. The minimum Gasteiger partial charge on any atom is -0.380 e. The highest BCUT2D eigenvalue weighted by Crippen LogP contribution is 2.19. The Bertz CT molecular complexity index is 622. The second-order valence-electron chi connectivity index (χ2n) is 5.10. The maximum Gasteiger partial charge on any atom is 0.283 e. The number of rotatable bonds is 5. The van der Waals surface area contributed by atoms with Crippen molar-refractivity contribution >= 4 is 33.0 Å². The average Bonchev–Trinajstić information content (AvgIpc) is 2.87. The molecule has 2 aromatic rings. The van der Waals surface area contributed by atoms with Gasteiger partial charge in [0.15, 0.2) is 0 Å². The van der Waals surface area contributed by atoms with Crippen LogP contribution in [0.3, 0.4) is 0 Å². The van der Waals surface area contributed by atoms with Crippen LogP contribution in [0.25, 0.3) is 0 Å². The van der Waals surface area contributed by atoms with E-state index in [1.165, 1.54) is 10.2 Å². The van der Waals surface area contributed by atoms with Crippen molar-refractivity contribution in [1.29, 1.82) is 0 Å². The normalized spacial score (nSPS) is 12.7. The summed E-state index contributed by atoms with van der Waals surface area (Å²) in [5.74, 6) is 0. The summed E-state index contributed by atoms with van der Waals surface area (Å²) in [6, 6.07) is 2.40. The second kappa shape index (κ2) is 6.54. The van der Waals surface area contributed by atoms with Gasteiger partial charge < -0.3 is 5.32 Å². The molecule has 0 fully saturated rings. The minimum atomic E-state index is -0.104. The molecule has 0 aliphatic carbocycles. The van der Waals surface area contributed by atoms with Crippen LogP contribution in [-0.4, -0.2) is 15.8 Å². The van der Waals surface area contributed by atoms with Crippen molar-refractivity contribution in [3.05, 3.63) is 43.4 Å². The fourth-order valence-corrected chi connectivity index (χ4v) is 3.07. The molecule has 0 aliphatic heterocycles. The molecule has 20 heavy (non-hydrogen) atoms. The van der Waals surface area contributed by atoms with Crippen LogP contribution in [0.2, 0.25) is 0 Å². The smallest absolute Gasteiger partial charge is 0.283 e. The molecule has 108 valence electrons. The molecule has 0 amide bonds. The van der Waals surface area contributed by atoms with Crippen molar-refractivity contribution in [2.45, 2.75) is 39.3 Å². The third kappa shape index (κ3) is 3.49. The molecule has 2 aromatic heterocycles. The summed E-state index contributed by atoms with van der Waals surface area (Å²) >= 11 is 5.07. The molecule has 0 radical (unpaired) electrons. The molecule has 4 nitrogen and oxygen atoms in total. The molecule has 0 aromatic carbocycles. The van der Waals surface area contributed by atoms with Crippen molar-refractivity contribution in [1.82, 2.24) is 9.78 Å². The van der Waals surface area contributed by atoms with E-state index in [4.69, 9.17) is 0 Å². The summed E-state index contributed by atoms with van der Waals surface area (Å²) in [5.41, 5.74) is 1.94. The maximum absolute atomic E-state index is 12.1. The molecule has 2 heterocycles. The van der Waals surface area contributed by atoms with E-state index in [0.29, 0.717) is 4.47 Å². The Morgan fingerprint density at radius 3 is 2.80 bits per heavy atom. The van der Waals surface area contributed by atoms with Crippen LogP contribution in [-0.2, 0) is 6.42 Å². The van der Waals surface area contributed by atoms with Gasteiger partial charge in [0, 0.05) is 6.04 Å². The van der Waals surface area contributed by atoms with Crippen LogP contribution >= 0.6 is 27.3 Å². The molecule has 1 N–H and O–H groups in total. The summed E-state index contributed by atoms with van der Waals surface area (Å²) in [5, 5.41) is 11.8. The first-order valence-corrected chi connectivity index (χ1v) is 8.27. The number of aromatic nitrogens is 2. The first-order chi connectivity index (χ1) is 9.49. The van der Waals surface area contributed by atoms with Crippen LogP contribution in [0.15, 0.2) is 32.3 Å². The zero-order chi connectivity index (χ0) is 14.7. The van der Waals surface area contributed by atoms with E-state index < -0.39 is 0 Å². The quantitative estimate of drug-likeness (QED) is 0.889. The summed E-state index contributed by atoms with van der Waals surface area (Å²) < 4.78 is 2.01. The molecule has 6 heteroatoms. The Morgan fingerprint density at radius 1 is 1.45 bits per heavy atom.